The Morgan fingerprint density at radius 3 is 2.26 bits per heavy atom. The van der Waals surface area contributed by atoms with Crippen molar-refractivity contribution in [3.8, 4) is 0 Å². The van der Waals surface area contributed by atoms with Crippen molar-refractivity contribution in [3.63, 3.8) is 0 Å². The lowest BCUT2D eigenvalue weighted by molar-refractivity contribution is 0.558. The van der Waals surface area contributed by atoms with Gasteiger partial charge in [-0.05, 0) is 37.0 Å². The molecule has 0 aliphatic carbocycles. The van der Waals surface area contributed by atoms with Gasteiger partial charge in [0.25, 0.3) is 0 Å². The smallest absolute Gasteiger partial charge is 0.336 e. The third kappa shape index (κ3) is 4.60. The standard InChI is InChI=1S/C20H29NO2/c1-4-7-12-21(13-8-5-2)17-10-11-18-16(9-6-3)14-20(22)23-19(18)15-17/h10-11,14-15H,4-9,12-13H2,1-3H3. The molecule has 0 aliphatic heterocycles. The van der Waals surface area contributed by atoms with Gasteiger partial charge in [-0.15, -0.1) is 0 Å². The highest BCUT2D eigenvalue weighted by Gasteiger charge is 2.10. The van der Waals surface area contributed by atoms with Crippen molar-refractivity contribution in [1.82, 2.24) is 0 Å². The number of nitrogens with zero attached hydrogens (tertiary/aromatic N) is 1. The monoisotopic (exact) mass is 315 g/mol. The molecule has 2 aromatic rings. The second kappa shape index (κ2) is 8.76. The van der Waals surface area contributed by atoms with Crippen LogP contribution in [0.25, 0.3) is 11.0 Å². The minimum Gasteiger partial charge on any atom is -0.423 e. The molecule has 1 aromatic carbocycles. The summed E-state index contributed by atoms with van der Waals surface area (Å²) in [7, 11) is 0. The minimum absolute atomic E-state index is 0.244. The molecular weight excluding hydrogens is 286 g/mol. The van der Waals surface area contributed by atoms with E-state index in [-0.39, 0.29) is 5.63 Å². The van der Waals surface area contributed by atoms with Gasteiger partial charge in [-0.2, -0.15) is 0 Å². The summed E-state index contributed by atoms with van der Waals surface area (Å²) in [6.07, 6.45) is 6.68. The first kappa shape index (κ1) is 17.6. The van der Waals surface area contributed by atoms with Crippen molar-refractivity contribution in [2.45, 2.75) is 59.3 Å². The number of hydrogen-bond acceptors (Lipinski definition) is 3. The molecule has 3 nitrogen and oxygen atoms in total. The molecule has 126 valence electrons. The van der Waals surface area contributed by atoms with Crippen LogP contribution in [0.5, 0.6) is 0 Å². The molecule has 0 atom stereocenters. The first-order valence-corrected chi connectivity index (χ1v) is 9.01. The van der Waals surface area contributed by atoms with Crippen molar-refractivity contribution in [2.75, 3.05) is 18.0 Å². The van der Waals surface area contributed by atoms with Crippen LogP contribution in [0.3, 0.4) is 0 Å². The summed E-state index contributed by atoms with van der Waals surface area (Å²) >= 11 is 0. The van der Waals surface area contributed by atoms with Gasteiger partial charge in [-0.1, -0.05) is 40.0 Å². The predicted octanol–water partition coefficient (Wildman–Crippen LogP) is 5.15. The molecule has 0 N–H and O–H groups in total. The van der Waals surface area contributed by atoms with E-state index < -0.39 is 0 Å². The molecule has 0 saturated heterocycles. The number of hydrogen-bond donors (Lipinski definition) is 0. The van der Waals surface area contributed by atoms with Crippen molar-refractivity contribution in [1.29, 1.82) is 0 Å². The van der Waals surface area contributed by atoms with Gasteiger partial charge >= 0.3 is 5.63 Å². The van der Waals surface area contributed by atoms with Crippen molar-refractivity contribution >= 4 is 16.7 Å². The van der Waals surface area contributed by atoms with E-state index in [9.17, 15) is 4.79 Å². The Bertz CT molecular complexity index is 667. The zero-order chi connectivity index (χ0) is 16.7. The van der Waals surface area contributed by atoms with E-state index in [0.717, 1.165) is 48.2 Å². The van der Waals surface area contributed by atoms with Crippen LogP contribution in [0.1, 0.15) is 58.4 Å². The first-order chi connectivity index (χ1) is 11.2. The molecule has 0 radical (unpaired) electrons. The predicted molar refractivity (Wildman–Crippen MR) is 98.5 cm³/mol. The second-order valence-electron chi connectivity index (χ2n) is 6.22. The molecule has 0 fully saturated rings. The summed E-state index contributed by atoms with van der Waals surface area (Å²) in [4.78, 5) is 14.2. The van der Waals surface area contributed by atoms with Gasteiger partial charge in [0.1, 0.15) is 5.58 Å². The number of anilines is 1. The van der Waals surface area contributed by atoms with Crippen LogP contribution < -0.4 is 10.5 Å². The third-order valence-electron chi connectivity index (χ3n) is 4.26. The second-order valence-corrected chi connectivity index (χ2v) is 6.22. The Morgan fingerprint density at radius 2 is 1.65 bits per heavy atom. The van der Waals surface area contributed by atoms with Gasteiger partial charge < -0.3 is 9.32 Å². The molecule has 0 saturated carbocycles. The summed E-state index contributed by atoms with van der Waals surface area (Å²) in [6, 6.07) is 7.97. The summed E-state index contributed by atoms with van der Waals surface area (Å²) < 4.78 is 5.47. The molecule has 23 heavy (non-hydrogen) atoms. The lowest BCUT2D eigenvalue weighted by Crippen LogP contribution is -2.25. The van der Waals surface area contributed by atoms with Crippen LogP contribution >= 0.6 is 0 Å². The maximum atomic E-state index is 11.8. The fraction of sp³-hybridized carbons (Fsp3) is 0.550. The minimum atomic E-state index is -0.244. The summed E-state index contributed by atoms with van der Waals surface area (Å²) in [5.74, 6) is 0. The fourth-order valence-electron chi connectivity index (χ4n) is 2.96. The molecule has 0 spiro atoms. The Hall–Kier alpha value is -1.77. The zero-order valence-corrected chi connectivity index (χ0v) is 14.7. The van der Waals surface area contributed by atoms with Crippen LogP contribution in [-0.4, -0.2) is 13.1 Å². The van der Waals surface area contributed by atoms with E-state index in [1.54, 1.807) is 6.07 Å². The molecular formula is C20H29NO2. The average Bonchev–Trinajstić information content (AvgIpc) is 2.54. The van der Waals surface area contributed by atoms with Crippen LogP contribution in [0.4, 0.5) is 5.69 Å². The number of unbranched alkanes of at least 4 members (excludes halogenated alkanes) is 2. The van der Waals surface area contributed by atoms with Gasteiger partial charge in [0.05, 0.1) is 0 Å². The van der Waals surface area contributed by atoms with Gasteiger partial charge in [-0.25, -0.2) is 4.79 Å². The largest absolute Gasteiger partial charge is 0.423 e. The molecule has 0 bridgehead atoms. The third-order valence-corrected chi connectivity index (χ3v) is 4.26. The Balaban J connectivity index is 2.38. The molecule has 1 heterocycles. The van der Waals surface area contributed by atoms with Crippen molar-refractivity contribution in [3.05, 3.63) is 40.2 Å². The number of rotatable bonds is 9. The van der Waals surface area contributed by atoms with Gasteiger partial charge in [0.2, 0.25) is 0 Å². The summed E-state index contributed by atoms with van der Waals surface area (Å²) in [6.45, 7) is 8.68. The average molecular weight is 315 g/mol. The zero-order valence-electron chi connectivity index (χ0n) is 14.7. The molecule has 0 amide bonds. The Labute approximate surface area is 139 Å². The van der Waals surface area contributed by atoms with Crippen molar-refractivity contribution < 1.29 is 4.42 Å². The number of fused-ring (bicyclic) bond motifs is 1. The topological polar surface area (TPSA) is 33.5 Å². The van der Waals surface area contributed by atoms with Crippen LogP contribution in [0.15, 0.2) is 33.5 Å². The molecule has 1 aromatic heterocycles. The highest BCUT2D eigenvalue weighted by Crippen LogP contribution is 2.25. The summed E-state index contributed by atoms with van der Waals surface area (Å²) in [5, 5.41) is 1.07. The van der Waals surface area contributed by atoms with E-state index in [4.69, 9.17) is 4.42 Å². The van der Waals surface area contributed by atoms with E-state index >= 15 is 0 Å². The van der Waals surface area contributed by atoms with Crippen LogP contribution in [0.2, 0.25) is 0 Å². The highest BCUT2D eigenvalue weighted by atomic mass is 16.4. The highest BCUT2D eigenvalue weighted by molar-refractivity contribution is 5.83. The Morgan fingerprint density at radius 1 is 0.957 bits per heavy atom. The van der Waals surface area contributed by atoms with E-state index in [1.807, 2.05) is 6.07 Å². The maximum absolute atomic E-state index is 11.8. The van der Waals surface area contributed by atoms with E-state index in [0.29, 0.717) is 0 Å². The number of aryl methyl sites for hydroxylation is 1. The molecule has 3 heteroatoms. The SMILES string of the molecule is CCCCN(CCCC)c1ccc2c(CCC)cc(=O)oc2c1. The van der Waals surface area contributed by atoms with E-state index in [2.05, 4.69) is 37.8 Å². The van der Waals surface area contributed by atoms with Crippen LogP contribution in [0, 0.1) is 0 Å². The van der Waals surface area contributed by atoms with Crippen LogP contribution in [-0.2, 0) is 6.42 Å². The lowest BCUT2D eigenvalue weighted by Gasteiger charge is -2.25. The molecule has 0 aliphatic rings. The first-order valence-electron chi connectivity index (χ1n) is 9.01. The van der Waals surface area contributed by atoms with E-state index in [1.165, 1.54) is 25.7 Å². The molecule has 2 rings (SSSR count). The number of benzene rings is 1. The van der Waals surface area contributed by atoms with Gasteiger partial charge in [0, 0.05) is 36.3 Å². The van der Waals surface area contributed by atoms with Gasteiger partial charge in [0.15, 0.2) is 0 Å². The fourth-order valence-corrected chi connectivity index (χ4v) is 2.96. The van der Waals surface area contributed by atoms with Crippen molar-refractivity contribution in [2.24, 2.45) is 0 Å². The molecule has 0 unspecified atom stereocenters. The normalized spacial score (nSPS) is 11.1. The van der Waals surface area contributed by atoms with Gasteiger partial charge in [-0.3, -0.25) is 0 Å². The maximum Gasteiger partial charge on any atom is 0.336 e. The Kier molecular flexibility index (Phi) is 6.69. The lowest BCUT2D eigenvalue weighted by atomic mass is 10.1. The summed E-state index contributed by atoms with van der Waals surface area (Å²) in [5.41, 5.74) is 2.73. The quantitative estimate of drug-likeness (QED) is 0.600.